The Hall–Kier alpha value is -1.36. The first-order valence-electron chi connectivity index (χ1n) is 5.65. The van der Waals surface area contributed by atoms with Crippen LogP contribution in [-0.2, 0) is 16.0 Å². The maximum absolute atomic E-state index is 11.8. The molecule has 92 valence electrons. The second-order valence-electron chi connectivity index (χ2n) is 4.51. The maximum atomic E-state index is 11.8. The van der Waals surface area contributed by atoms with E-state index in [1.54, 1.807) is 0 Å². The molecule has 2 rings (SSSR count). The smallest absolute Gasteiger partial charge is 0.305 e. The summed E-state index contributed by atoms with van der Waals surface area (Å²) >= 11 is 1.54. The minimum absolute atomic E-state index is 0.0309. The number of hydrogen-bond acceptors (Lipinski definition) is 3. The summed E-state index contributed by atoms with van der Waals surface area (Å²) in [6.45, 7) is 0. The molecule has 0 aromatic carbocycles. The molecule has 0 bridgehead atoms. The Morgan fingerprint density at radius 1 is 1.47 bits per heavy atom. The van der Waals surface area contributed by atoms with Crippen molar-refractivity contribution in [2.45, 2.75) is 37.6 Å². The minimum Gasteiger partial charge on any atom is -0.481 e. The van der Waals surface area contributed by atoms with Crippen molar-refractivity contribution in [2.24, 2.45) is 0 Å². The number of amides is 1. The highest BCUT2D eigenvalue weighted by molar-refractivity contribution is 7.10. The van der Waals surface area contributed by atoms with E-state index in [4.69, 9.17) is 5.11 Å². The Kier molecular flexibility index (Phi) is 3.47. The van der Waals surface area contributed by atoms with Crippen molar-refractivity contribution in [1.29, 1.82) is 0 Å². The molecule has 1 saturated carbocycles. The molecule has 2 N–H and O–H groups in total. The fourth-order valence-corrected chi connectivity index (χ4v) is 2.85. The van der Waals surface area contributed by atoms with Crippen LogP contribution in [-0.4, -0.2) is 22.5 Å². The molecule has 1 amide bonds. The van der Waals surface area contributed by atoms with Gasteiger partial charge in [-0.2, -0.15) is 0 Å². The van der Waals surface area contributed by atoms with E-state index in [9.17, 15) is 9.59 Å². The highest BCUT2D eigenvalue weighted by Gasteiger charge is 2.40. The molecule has 0 spiro atoms. The molecule has 1 heterocycles. The first kappa shape index (κ1) is 12.1. The van der Waals surface area contributed by atoms with Gasteiger partial charge in [-0.25, -0.2) is 0 Å². The zero-order valence-corrected chi connectivity index (χ0v) is 10.3. The van der Waals surface area contributed by atoms with Crippen LogP contribution >= 0.6 is 11.3 Å². The standard InChI is InChI=1S/C12H15NO3S/c14-10(7-9-3-1-6-17-9)13-12(4-2-5-12)8-11(15)16/h1,3,6H,2,4-5,7-8H2,(H,13,14)(H,15,16). The molecule has 0 aliphatic heterocycles. The molecule has 0 radical (unpaired) electrons. The van der Waals surface area contributed by atoms with Crippen LogP contribution in [0.1, 0.15) is 30.6 Å². The molecule has 5 heteroatoms. The average molecular weight is 253 g/mol. The lowest BCUT2D eigenvalue weighted by Crippen LogP contribution is -2.55. The van der Waals surface area contributed by atoms with Gasteiger partial charge < -0.3 is 10.4 Å². The van der Waals surface area contributed by atoms with E-state index in [0.717, 1.165) is 24.1 Å². The summed E-state index contributed by atoms with van der Waals surface area (Å²) in [6.07, 6.45) is 2.92. The fourth-order valence-electron chi connectivity index (χ4n) is 2.15. The van der Waals surface area contributed by atoms with Gasteiger partial charge in [0.2, 0.25) is 5.91 Å². The topological polar surface area (TPSA) is 66.4 Å². The van der Waals surface area contributed by atoms with Gasteiger partial charge in [-0.15, -0.1) is 11.3 Å². The molecule has 1 aliphatic carbocycles. The Labute approximate surface area is 104 Å². The molecule has 1 fully saturated rings. The number of hydrogen-bond donors (Lipinski definition) is 2. The number of aliphatic carboxylic acids is 1. The lowest BCUT2D eigenvalue weighted by atomic mass is 9.74. The van der Waals surface area contributed by atoms with E-state index < -0.39 is 11.5 Å². The molecule has 0 atom stereocenters. The van der Waals surface area contributed by atoms with Crippen LogP contribution in [0, 0.1) is 0 Å². The van der Waals surface area contributed by atoms with E-state index in [1.807, 2.05) is 17.5 Å². The van der Waals surface area contributed by atoms with Gasteiger partial charge in [0.25, 0.3) is 0 Å². The van der Waals surface area contributed by atoms with Crippen LogP contribution < -0.4 is 5.32 Å². The van der Waals surface area contributed by atoms with E-state index in [2.05, 4.69) is 5.32 Å². The molecule has 0 saturated heterocycles. The van der Waals surface area contributed by atoms with Gasteiger partial charge in [-0.05, 0) is 30.7 Å². The van der Waals surface area contributed by atoms with Crippen molar-refractivity contribution in [3.63, 3.8) is 0 Å². The van der Waals surface area contributed by atoms with Gasteiger partial charge in [-0.3, -0.25) is 9.59 Å². The number of nitrogens with one attached hydrogen (secondary N) is 1. The Morgan fingerprint density at radius 3 is 2.71 bits per heavy atom. The predicted molar refractivity (Wildman–Crippen MR) is 65.0 cm³/mol. The number of rotatable bonds is 5. The van der Waals surface area contributed by atoms with Gasteiger partial charge >= 0.3 is 5.97 Å². The first-order chi connectivity index (χ1) is 8.10. The van der Waals surface area contributed by atoms with Crippen molar-refractivity contribution in [1.82, 2.24) is 5.32 Å². The van der Waals surface area contributed by atoms with Gasteiger partial charge in [0.05, 0.1) is 18.4 Å². The third kappa shape index (κ3) is 3.06. The number of carboxylic acid groups (broad SMARTS) is 1. The summed E-state index contributed by atoms with van der Waals surface area (Å²) in [5, 5.41) is 13.7. The highest BCUT2D eigenvalue weighted by Crippen LogP contribution is 2.35. The monoisotopic (exact) mass is 253 g/mol. The van der Waals surface area contributed by atoms with Crippen LogP contribution in [0.2, 0.25) is 0 Å². The normalized spacial score (nSPS) is 17.2. The third-order valence-electron chi connectivity index (χ3n) is 3.12. The third-order valence-corrected chi connectivity index (χ3v) is 4.00. The Morgan fingerprint density at radius 2 is 2.24 bits per heavy atom. The Balaban J connectivity index is 1.90. The van der Waals surface area contributed by atoms with Gasteiger partial charge in [0, 0.05) is 4.88 Å². The number of carbonyl (C=O) groups excluding carboxylic acids is 1. The van der Waals surface area contributed by atoms with Crippen LogP contribution in [0.25, 0.3) is 0 Å². The van der Waals surface area contributed by atoms with Crippen LogP contribution in [0.5, 0.6) is 0 Å². The van der Waals surface area contributed by atoms with Gasteiger partial charge in [0.15, 0.2) is 0 Å². The second-order valence-corrected chi connectivity index (χ2v) is 5.54. The molecule has 0 unspecified atom stereocenters. The highest BCUT2D eigenvalue weighted by atomic mass is 32.1. The summed E-state index contributed by atoms with van der Waals surface area (Å²) in [4.78, 5) is 23.6. The van der Waals surface area contributed by atoms with Gasteiger partial charge in [-0.1, -0.05) is 6.07 Å². The molecule has 4 nitrogen and oxygen atoms in total. The number of carbonyl (C=O) groups is 2. The average Bonchev–Trinajstić information content (AvgIpc) is 2.66. The van der Waals surface area contributed by atoms with E-state index in [1.165, 1.54) is 11.3 Å². The molecule has 1 aliphatic rings. The molecule has 17 heavy (non-hydrogen) atoms. The summed E-state index contributed by atoms with van der Waals surface area (Å²) in [5.41, 5.74) is -0.486. The van der Waals surface area contributed by atoms with Crippen LogP contribution in [0.15, 0.2) is 17.5 Å². The fraction of sp³-hybridized carbons (Fsp3) is 0.500. The summed E-state index contributed by atoms with van der Waals surface area (Å²) in [7, 11) is 0. The number of thiophene rings is 1. The van der Waals surface area contributed by atoms with E-state index >= 15 is 0 Å². The molecular formula is C12H15NO3S. The lowest BCUT2D eigenvalue weighted by molar-refractivity contribution is -0.140. The van der Waals surface area contributed by atoms with E-state index in [0.29, 0.717) is 6.42 Å². The summed E-state index contributed by atoms with van der Waals surface area (Å²) in [5.74, 6) is -0.922. The van der Waals surface area contributed by atoms with Crippen molar-refractivity contribution >= 4 is 23.2 Å². The lowest BCUT2D eigenvalue weighted by Gasteiger charge is -2.41. The maximum Gasteiger partial charge on any atom is 0.305 e. The zero-order valence-electron chi connectivity index (χ0n) is 9.44. The second kappa shape index (κ2) is 4.87. The summed E-state index contributed by atoms with van der Waals surface area (Å²) in [6, 6.07) is 3.82. The Bertz CT molecular complexity index is 409. The first-order valence-corrected chi connectivity index (χ1v) is 6.53. The SMILES string of the molecule is O=C(O)CC1(NC(=O)Cc2cccs2)CCC1. The van der Waals surface area contributed by atoms with Crippen LogP contribution in [0.4, 0.5) is 0 Å². The van der Waals surface area contributed by atoms with Crippen molar-refractivity contribution in [2.75, 3.05) is 0 Å². The predicted octanol–water partition coefficient (Wildman–Crippen LogP) is 1.80. The minimum atomic E-state index is -0.846. The van der Waals surface area contributed by atoms with Crippen molar-refractivity contribution in [3.05, 3.63) is 22.4 Å². The summed E-state index contributed by atoms with van der Waals surface area (Å²) < 4.78 is 0. The van der Waals surface area contributed by atoms with E-state index in [-0.39, 0.29) is 12.3 Å². The molecular weight excluding hydrogens is 238 g/mol. The van der Waals surface area contributed by atoms with Crippen LogP contribution in [0.3, 0.4) is 0 Å². The zero-order chi connectivity index (χ0) is 12.3. The molecule has 1 aromatic heterocycles. The van der Waals surface area contributed by atoms with Crippen molar-refractivity contribution < 1.29 is 14.7 Å². The van der Waals surface area contributed by atoms with Gasteiger partial charge in [0.1, 0.15) is 0 Å². The largest absolute Gasteiger partial charge is 0.481 e. The van der Waals surface area contributed by atoms with Crippen molar-refractivity contribution in [3.8, 4) is 0 Å². The molecule has 1 aromatic rings. The quantitative estimate of drug-likeness (QED) is 0.841. The number of carboxylic acids is 1.